The van der Waals surface area contributed by atoms with E-state index in [9.17, 15) is 29.1 Å². The Morgan fingerprint density at radius 3 is 1.82 bits per heavy atom. The Labute approximate surface area is 212 Å². The highest BCUT2D eigenvalue weighted by Gasteiger charge is 2.31. The summed E-state index contributed by atoms with van der Waals surface area (Å²) in [4.78, 5) is 60.2. The molecule has 6 rings (SSSR count). The van der Waals surface area contributed by atoms with Crippen LogP contribution in [-0.2, 0) is 9.47 Å². The van der Waals surface area contributed by atoms with E-state index < -0.39 is 36.1 Å². The maximum atomic E-state index is 12.6. The number of esters is 5. The van der Waals surface area contributed by atoms with E-state index in [-0.39, 0.29) is 44.9 Å². The van der Waals surface area contributed by atoms with Crippen LogP contribution in [-0.4, -0.2) is 35.0 Å². The molecule has 1 unspecified atom stereocenters. The van der Waals surface area contributed by atoms with Gasteiger partial charge in [-0.05, 0) is 71.4 Å². The van der Waals surface area contributed by atoms with Gasteiger partial charge in [0.25, 0.3) is 0 Å². The molecular weight excluding hydrogens is 496 g/mol. The molecule has 4 aromatic rings. The fourth-order valence-corrected chi connectivity index (χ4v) is 4.18. The molecule has 2 aliphatic rings. The Morgan fingerprint density at radius 2 is 1.18 bits per heavy atom. The highest BCUT2D eigenvalue weighted by Crippen LogP contribution is 2.30. The number of ether oxygens (including phenoxy) is 4. The number of rotatable bonds is 4. The first-order valence-corrected chi connectivity index (χ1v) is 11.2. The minimum Gasteiger partial charge on any atom is -0.428 e. The molecule has 186 valence electrons. The molecule has 38 heavy (non-hydrogen) atoms. The van der Waals surface area contributed by atoms with Crippen LogP contribution in [0.4, 0.5) is 0 Å². The maximum absolute atomic E-state index is 12.6. The van der Waals surface area contributed by atoms with Gasteiger partial charge in [0.15, 0.2) is 0 Å². The van der Waals surface area contributed by atoms with Gasteiger partial charge >= 0.3 is 29.8 Å². The summed E-state index contributed by atoms with van der Waals surface area (Å²) in [5.41, 5.74) is 0.679. The van der Waals surface area contributed by atoms with Gasteiger partial charge in [-0.15, -0.1) is 0 Å². The molecule has 4 aromatic carbocycles. The van der Waals surface area contributed by atoms with Crippen molar-refractivity contribution in [3.05, 3.63) is 106 Å². The number of aliphatic hydroxyl groups is 1. The molecule has 0 radical (unpaired) electrons. The fourth-order valence-electron chi connectivity index (χ4n) is 4.18. The van der Waals surface area contributed by atoms with Gasteiger partial charge in [-0.1, -0.05) is 12.1 Å². The summed E-state index contributed by atoms with van der Waals surface area (Å²) in [6.07, 6.45) is -1.43. The number of carbonyl (C=O) groups is 5. The van der Waals surface area contributed by atoms with Crippen molar-refractivity contribution in [2.24, 2.45) is 0 Å². The molecule has 10 heteroatoms. The number of fused-ring (bicyclic) bond motifs is 3. The van der Waals surface area contributed by atoms with Gasteiger partial charge < -0.3 is 24.1 Å². The number of hydrogen-bond donors (Lipinski definition) is 1. The summed E-state index contributed by atoms with van der Waals surface area (Å²) >= 11 is 0. The van der Waals surface area contributed by atoms with Gasteiger partial charge in [0.2, 0.25) is 6.29 Å². The van der Waals surface area contributed by atoms with Crippen molar-refractivity contribution in [1.82, 2.24) is 0 Å². The molecule has 2 aliphatic heterocycles. The van der Waals surface area contributed by atoms with E-state index >= 15 is 0 Å². The summed E-state index contributed by atoms with van der Waals surface area (Å²) in [6, 6.07) is 17.8. The lowest BCUT2D eigenvalue weighted by Gasteiger charge is -2.09. The van der Waals surface area contributed by atoms with Crippen molar-refractivity contribution >= 4 is 40.6 Å². The predicted molar refractivity (Wildman–Crippen MR) is 127 cm³/mol. The molecule has 1 atom stereocenters. The lowest BCUT2D eigenvalue weighted by atomic mass is 10.1. The van der Waals surface area contributed by atoms with Crippen LogP contribution in [0.5, 0.6) is 11.5 Å². The SMILES string of the molecule is O=C(Oc1ccc2cc(OC(=O)c3ccc4c(c3)C(O)OC4=O)ccc2c1)c1ccc2c(c1)C(=O)OC2=O. The third kappa shape index (κ3) is 3.94. The molecule has 0 fully saturated rings. The van der Waals surface area contributed by atoms with Crippen LogP contribution in [0.1, 0.15) is 63.6 Å². The first kappa shape index (κ1) is 23.1. The third-order valence-electron chi connectivity index (χ3n) is 6.08. The third-order valence-corrected chi connectivity index (χ3v) is 6.08. The van der Waals surface area contributed by atoms with E-state index in [1.807, 2.05) is 0 Å². The minimum atomic E-state index is -1.43. The van der Waals surface area contributed by atoms with E-state index in [4.69, 9.17) is 14.2 Å². The second-order valence-corrected chi connectivity index (χ2v) is 8.45. The number of benzene rings is 4. The average Bonchev–Trinajstić information content (AvgIpc) is 3.36. The Morgan fingerprint density at radius 1 is 0.632 bits per heavy atom. The zero-order valence-electron chi connectivity index (χ0n) is 19.1. The fraction of sp³-hybridized carbons (Fsp3) is 0.0357. The van der Waals surface area contributed by atoms with Crippen molar-refractivity contribution in [3.63, 3.8) is 0 Å². The standard InChI is InChI=1S/C28H14O10/c29-23(15-3-7-19-21(11-15)27(33)37-25(19)31)35-17-5-1-13-9-18(6-2-14(13)10-17)36-24(30)16-4-8-20-22(12-16)28(34)38-26(20)32/h1-12,27,33H. The van der Waals surface area contributed by atoms with Crippen LogP contribution in [0.3, 0.4) is 0 Å². The number of hydrogen-bond acceptors (Lipinski definition) is 10. The normalized spacial score (nSPS) is 15.5. The van der Waals surface area contributed by atoms with E-state index in [1.165, 1.54) is 36.4 Å². The quantitative estimate of drug-likeness (QED) is 0.245. The first-order chi connectivity index (χ1) is 18.3. The van der Waals surface area contributed by atoms with E-state index in [0.717, 1.165) is 0 Å². The monoisotopic (exact) mass is 510 g/mol. The summed E-state index contributed by atoms with van der Waals surface area (Å²) in [7, 11) is 0. The first-order valence-electron chi connectivity index (χ1n) is 11.2. The molecule has 0 aromatic heterocycles. The molecule has 0 amide bonds. The molecule has 2 heterocycles. The van der Waals surface area contributed by atoms with Gasteiger partial charge in [0.05, 0.1) is 27.8 Å². The van der Waals surface area contributed by atoms with Gasteiger partial charge in [-0.25, -0.2) is 24.0 Å². The van der Waals surface area contributed by atoms with Crippen LogP contribution < -0.4 is 9.47 Å². The molecule has 0 bridgehead atoms. The zero-order valence-corrected chi connectivity index (χ0v) is 19.1. The smallest absolute Gasteiger partial charge is 0.346 e. The Hall–Kier alpha value is -5.35. The van der Waals surface area contributed by atoms with Crippen molar-refractivity contribution in [3.8, 4) is 11.5 Å². The van der Waals surface area contributed by atoms with Gasteiger partial charge in [0, 0.05) is 5.56 Å². The van der Waals surface area contributed by atoms with Crippen LogP contribution >= 0.6 is 0 Å². The molecule has 0 saturated carbocycles. The molecule has 1 N–H and O–H groups in total. The Balaban J connectivity index is 1.17. The molecule has 0 spiro atoms. The predicted octanol–water partition coefficient (Wildman–Crippen LogP) is 3.75. The number of cyclic esters (lactones) is 3. The van der Waals surface area contributed by atoms with Gasteiger partial charge in [0.1, 0.15) is 11.5 Å². The van der Waals surface area contributed by atoms with Crippen LogP contribution in [0, 0.1) is 0 Å². The largest absolute Gasteiger partial charge is 0.428 e. The topological polar surface area (TPSA) is 142 Å². The van der Waals surface area contributed by atoms with Gasteiger partial charge in [-0.2, -0.15) is 0 Å². The van der Waals surface area contributed by atoms with Crippen molar-refractivity contribution in [1.29, 1.82) is 0 Å². The second-order valence-electron chi connectivity index (χ2n) is 8.45. The van der Waals surface area contributed by atoms with Crippen LogP contribution in [0.25, 0.3) is 10.8 Å². The minimum absolute atomic E-state index is 0.00271. The number of carbonyl (C=O) groups excluding carboxylic acids is 5. The van der Waals surface area contributed by atoms with Crippen LogP contribution in [0.2, 0.25) is 0 Å². The summed E-state index contributed by atoms with van der Waals surface area (Å²) in [5.74, 6) is -3.18. The number of aliphatic hydroxyl groups excluding tert-OH is 1. The summed E-state index contributed by atoms with van der Waals surface area (Å²) < 4.78 is 20.1. The molecule has 0 saturated heterocycles. The van der Waals surface area contributed by atoms with Crippen molar-refractivity contribution < 1.29 is 48.0 Å². The maximum Gasteiger partial charge on any atom is 0.346 e. The Kier molecular flexibility index (Phi) is 5.25. The average molecular weight is 510 g/mol. The summed E-state index contributed by atoms with van der Waals surface area (Å²) in [6.45, 7) is 0. The Bertz CT molecular complexity index is 1740. The highest BCUT2D eigenvalue weighted by atomic mass is 16.6. The van der Waals surface area contributed by atoms with Crippen molar-refractivity contribution in [2.45, 2.75) is 6.29 Å². The van der Waals surface area contributed by atoms with E-state index in [1.54, 1.807) is 36.4 Å². The van der Waals surface area contributed by atoms with Gasteiger partial charge in [-0.3, -0.25) is 0 Å². The highest BCUT2D eigenvalue weighted by molar-refractivity contribution is 6.15. The van der Waals surface area contributed by atoms with Crippen molar-refractivity contribution in [2.75, 3.05) is 0 Å². The molecular formula is C28H14O10. The van der Waals surface area contributed by atoms with E-state index in [0.29, 0.717) is 10.8 Å². The molecule has 0 aliphatic carbocycles. The lowest BCUT2D eigenvalue weighted by Crippen LogP contribution is -2.10. The zero-order chi connectivity index (χ0) is 26.6. The summed E-state index contributed by atoms with van der Waals surface area (Å²) in [5, 5.41) is 11.2. The molecule has 10 nitrogen and oxygen atoms in total. The van der Waals surface area contributed by atoms with E-state index in [2.05, 4.69) is 4.74 Å². The lowest BCUT2D eigenvalue weighted by molar-refractivity contribution is -0.0548. The second kappa shape index (κ2) is 8.64. The van der Waals surface area contributed by atoms with Crippen LogP contribution in [0.15, 0.2) is 72.8 Å².